The van der Waals surface area contributed by atoms with Gasteiger partial charge in [-0.15, -0.1) is 0 Å². The normalized spacial score (nSPS) is 25.9. The number of hydrogen-bond donors (Lipinski definition) is 0. The van der Waals surface area contributed by atoms with Gasteiger partial charge in [-0.3, -0.25) is 19.5 Å². The molecule has 0 aliphatic carbocycles. The maximum atomic E-state index is 12.4. The Labute approximate surface area is 197 Å². The van der Waals surface area contributed by atoms with E-state index < -0.39 is 0 Å². The van der Waals surface area contributed by atoms with Crippen molar-refractivity contribution in [1.29, 1.82) is 0 Å². The maximum Gasteiger partial charge on any atom is 0.411 e. The number of esters is 1. The Morgan fingerprint density at radius 2 is 1.70 bits per heavy atom. The van der Waals surface area contributed by atoms with Crippen LogP contribution in [0.3, 0.4) is 0 Å². The smallest absolute Gasteiger partial charge is 0.411 e. The molecule has 0 aromatic heterocycles. The van der Waals surface area contributed by atoms with Gasteiger partial charge < -0.3 is 14.4 Å². The van der Waals surface area contributed by atoms with Gasteiger partial charge in [-0.05, 0) is 50.3 Å². The van der Waals surface area contributed by atoms with E-state index in [0.29, 0.717) is 12.5 Å². The third kappa shape index (κ3) is 6.25. The number of methoxy groups -OCH3 is 1. The molecule has 33 heavy (non-hydrogen) atoms. The second-order valence-corrected chi connectivity index (χ2v) is 9.62. The number of piperazine rings is 1. The maximum absolute atomic E-state index is 12.4. The number of rotatable bonds is 8. The fourth-order valence-corrected chi connectivity index (χ4v) is 5.35. The first-order valence-electron chi connectivity index (χ1n) is 12.3. The molecule has 3 heterocycles. The number of cyclic esters (lactones) is 1. The quantitative estimate of drug-likeness (QED) is 0.554. The van der Waals surface area contributed by atoms with Crippen LogP contribution in [0.1, 0.15) is 31.2 Å². The van der Waals surface area contributed by atoms with E-state index in [1.165, 1.54) is 25.5 Å². The fourth-order valence-electron chi connectivity index (χ4n) is 5.35. The van der Waals surface area contributed by atoms with Crippen LogP contribution in [0.5, 0.6) is 0 Å². The number of carbonyl (C=O) groups is 2. The van der Waals surface area contributed by atoms with Gasteiger partial charge in [0.1, 0.15) is 0 Å². The van der Waals surface area contributed by atoms with Crippen LogP contribution in [0.25, 0.3) is 0 Å². The highest BCUT2D eigenvalue weighted by Gasteiger charge is 2.43. The highest BCUT2D eigenvalue weighted by Crippen LogP contribution is 2.30. The Bertz CT molecular complexity index is 776. The molecule has 0 saturated carbocycles. The van der Waals surface area contributed by atoms with E-state index in [1.54, 1.807) is 4.90 Å². The number of benzene rings is 1. The Balaban J connectivity index is 1.23. The second-order valence-electron chi connectivity index (χ2n) is 9.62. The molecule has 8 heteroatoms. The van der Waals surface area contributed by atoms with E-state index >= 15 is 0 Å². The van der Waals surface area contributed by atoms with Crippen LogP contribution < -0.4 is 0 Å². The molecule has 3 fully saturated rings. The molecular formula is C25H38N4O4. The van der Waals surface area contributed by atoms with Crippen LogP contribution in [0.2, 0.25) is 0 Å². The molecule has 4 rings (SSSR count). The average molecular weight is 459 g/mol. The third-order valence-corrected chi connectivity index (χ3v) is 7.51. The summed E-state index contributed by atoms with van der Waals surface area (Å²) in [6, 6.07) is 10.8. The number of piperidine rings is 1. The highest BCUT2D eigenvalue weighted by molar-refractivity contribution is 5.71. The number of likely N-dealkylation sites (tertiary alicyclic amines) is 1. The van der Waals surface area contributed by atoms with Crippen molar-refractivity contribution in [1.82, 2.24) is 19.6 Å². The SMILES string of the molecule is COC(=O)CN1CCN(C2OC(=O)N(C)C2CCC2CCN(Cc3ccccc3)CC2)CC1. The monoisotopic (exact) mass is 458 g/mol. The fraction of sp³-hybridized carbons (Fsp3) is 0.680. The van der Waals surface area contributed by atoms with Crippen molar-refractivity contribution in [2.75, 3.05) is 60.0 Å². The van der Waals surface area contributed by atoms with Crippen molar-refractivity contribution < 1.29 is 19.1 Å². The van der Waals surface area contributed by atoms with E-state index in [9.17, 15) is 9.59 Å². The first-order chi connectivity index (χ1) is 16.0. The molecule has 1 aromatic rings. The summed E-state index contributed by atoms with van der Waals surface area (Å²) < 4.78 is 10.6. The largest absolute Gasteiger partial charge is 0.468 e. The van der Waals surface area contributed by atoms with Crippen molar-refractivity contribution >= 4 is 12.1 Å². The zero-order chi connectivity index (χ0) is 23.2. The summed E-state index contributed by atoms with van der Waals surface area (Å²) in [4.78, 5) is 32.6. The van der Waals surface area contributed by atoms with Crippen molar-refractivity contribution in [3.8, 4) is 0 Å². The highest BCUT2D eigenvalue weighted by atomic mass is 16.6. The van der Waals surface area contributed by atoms with Gasteiger partial charge in [-0.2, -0.15) is 0 Å². The minimum absolute atomic E-state index is 0.0898. The molecular weight excluding hydrogens is 420 g/mol. The minimum Gasteiger partial charge on any atom is -0.468 e. The molecule has 1 amide bonds. The molecule has 2 unspecified atom stereocenters. The number of amides is 1. The standard InChI is InChI=1S/C25H38N4O4/c1-26-22(9-8-20-10-12-27(13-11-20)18-21-6-4-3-5-7-21)24(33-25(26)31)29-16-14-28(15-17-29)19-23(30)32-2/h3-7,20,22,24H,8-19H2,1-2H3. The first kappa shape index (κ1) is 24.0. The van der Waals surface area contributed by atoms with Gasteiger partial charge in [0.05, 0.1) is 19.7 Å². The summed E-state index contributed by atoms with van der Waals surface area (Å²) in [5, 5.41) is 0. The van der Waals surface area contributed by atoms with Crippen LogP contribution in [0.15, 0.2) is 30.3 Å². The summed E-state index contributed by atoms with van der Waals surface area (Å²) in [5.41, 5.74) is 1.38. The summed E-state index contributed by atoms with van der Waals surface area (Å²) in [7, 11) is 3.28. The van der Waals surface area contributed by atoms with Crippen LogP contribution in [-0.4, -0.2) is 104 Å². The molecule has 0 bridgehead atoms. The van der Waals surface area contributed by atoms with Crippen LogP contribution in [0, 0.1) is 5.92 Å². The van der Waals surface area contributed by atoms with Crippen molar-refractivity contribution in [2.24, 2.45) is 5.92 Å². The third-order valence-electron chi connectivity index (χ3n) is 7.51. The van der Waals surface area contributed by atoms with E-state index in [4.69, 9.17) is 9.47 Å². The second kappa shape index (κ2) is 11.3. The molecule has 3 aliphatic heterocycles. The lowest BCUT2D eigenvalue weighted by molar-refractivity contribution is -0.142. The Morgan fingerprint density at radius 1 is 1.00 bits per heavy atom. The summed E-state index contributed by atoms with van der Waals surface area (Å²) in [6.45, 7) is 6.77. The molecule has 8 nitrogen and oxygen atoms in total. The number of likely N-dealkylation sites (N-methyl/N-ethyl adjacent to an activating group) is 1. The van der Waals surface area contributed by atoms with Gasteiger partial charge in [0.15, 0.2) is 6.23 Å². The first-order valence-corrected chi connectivity index (χ1v) is 12.3. The Morgan fingerprint density at radius 3 is 2.36 bits per heavy atom. The number of nitrogens with zero attached hydrogens (tertiary/aromatic N) is 4. The van der Waals surface area contributed by atoms with Crippen LogP contribution >= 0.6 is 0 Å². The zero-order valence-corrected chi connectivity index (χ0v) is 20.0. The molecule has 0 spiro atoms. The van der Waals surface area contributed by atoms with Crippen molar-refractivity contribution in [3.05, 3.63) is 35.9 Å². The number of hydrogen-bond acceptors (Lipinski definition) is 7. The van der Waals surface area contributed by atoms with Gasteiger partial charge in [0, 0.05) is 39.8 Å². The Kier molecular flexibility index (Phi) is 8.22. The predicted molar refractivity (Wildman–Crippen MR) is 126 cm³/mol. The van der Waals surface area contributed by atoms with E-state index in [1.807, 2.05) is 7.05 Å². The van der Waals surface area contributed by atoms with Gasteiger partial charge in [-0.1, -0.05) is 30.3 Å². The lowest BCUT2D eigenvalue weighted by atomic mass is 9.90. The van der Waals surface area contributed by atoms with Gasteiger partial charge in [0.25, 0.3) is 0 Å². The predicted octanol–water partition coefficient (Wildman–Crippen LogP) is 2.25. The molecule has 0 N–H and O–H groups in total. The Hall–Kier alpha value is -2.16. The van der Waals surface area contributed by atoms with Gasteiger partial charge in [0.2, 0.25) is 0 Å². The van der Waals surface area contributed by atoms with Crippen molar-refractivity contribution in [3.63, 3.8) is 0 Å². The minimum atomic E-state index is -0.223. The van der Waals surface area contributed by atoms with Crippen LogP contribution in [-0.2, 0) is 20.8 Å². The lowest BCUT2D eigenvalue weighted by Crippen LogP contribution is -2.54. The van der Waals surface area contributed by atoms with Crippen molar-refractivity contribution in [2.45, 2.75) is 44.5 Å². The average Bonchev–Trinajstić information content (AvgIpc) is 3.13. The topological polar surface area (TPSA) is 65.6 Å². The molecule has 3 saturated heterocycles. The van der Waals surface area contributed by atoms with Gasteiger partial charge >= 0.3 is 12.1 Å². The molecule has 2 atom stereocenters. The van der Waals surface area contributed by atoms with Crippen LogP contribution in [0.4, 0.5) is 4.79 Å². The van der Waals surface area contributed by atoms with E-state index in [0.717, 1.165) is 58.7 Å². The zero-order valence-electron chi connectivity index (χ0n) is 20.0. The molecule has 182 valence electrons. The number of carbonyl (C=O) groups excluding carboxylic acids is 2. The summed E-state index contributed by atoms with van der Waals surface area (Å²) >= 11 is 0. The molecule has 0 radical (unpaired) electrons. The summed E-state index contributed by atoms with van der Waals surface area (Å²) in [5.74, 6) is 0.502. The lowest BCUT2D eigenvalue weighted by Gasteiger charge is -2.38. The summed E-state index contributed by atoms with van der Waals surface area (Å²) in [6.07, 6.45) is 4.12. The van der Waals surface area contributed by atoms with Gasteiger partial charge in [-0.25, -0.2) is 4.79 Å². The molecule has 3 aliphatic rings. The van der Waals surface area contributed by atoms with E-state index in [2.05, 4.69) is 45.0 Å². The van der Waals surface area contributed by atoms with E-state index in [-0.39, 0.29) is 24.3 Å². The number of ether oxygens (including phenoxy) is 2. The molecule has 1 aromatic carbocycles.